The lowest BCUT2D eigenvalue weighted by molar-refractivity contribution is -0.136. The van der Waals surface area contributed by atoms with Crippen LogP contribution in [0.25, 0.3) is 0 Å². The number of anilines is 1. The predicted octanol–water partition coefficient (Wildman–Crippen LogP) is 5.15. The van der Waals surface area contributed by atoms with E-state index >= 15 is 0 Å². The van der Waals surface area contributed by atoms with E-state index in [1.165, 1.54) is 6.07 Å². The molecule has 0 saturated heterocycles. The molecule has 2 rings (SSSR count). The molecule has 0 fully saturated rings. The van der Waals surface area contributed by atoms with Crippen LogP contribution in [-0.4, -0.2) is 17.0 Å². The Bertz CT molecular complexity index is 848. The van der Waals surface area contributed by atoms with Gasteiger partial charge in [0.15, 0.2) is 5.82 Å². The molecule has 0 bridgehead atoms. The molecule has 0 spiro atoms. The van der Waals surface area contributed by atoms with Gasteiger partial charge >= 0.3 is 5.97 Å². The van der Waals surface area contributed by atoms with Crippen LogP contribution in [0.5, 0.6) is 5.75 Å². The Labute approximate surface area is 173 Å². The van der Waals surface area contributed by atoms with Gasteiger partial charge in [0.1, 0.15) is 12.4 Å². The molecular formula is C19H18Br2FNO4. The van der Waals surface area contributed by atoms with Gasteiger partial charge < -0.3 is 15.2 Å². The highest BCUT2D eigenvalue weighted by molar-refractivity contribution is 9.11. The summed E-state index contributed by atoms with van der Waals surface area (Å²) >= 11 is 6.69. The van der Waals surface area contributed by atoms with Crippen molar-refractivity contribution < 1.29 is 23.8 Å². The standard InChI is InChI=1S/C19H18Br2FNO4/c1-10(2)19(26)23-15-5-3-4-12(17(15)22)9-27-18-13(20)6-11(7-14(18)21)8-16(24)25/h3-7,10H,8-9H2,1-2H3,(H,23,26)(H,24,25). The van der Waals surface area contributed by atoms with Gasteiger partial charge in [0.05, 0.1) is 21.1 Å². The summed E-state index contributed by atoms with van der Waals surface area (Å²) in [7, 11) is 0. The maximum Gasteiger partial charge on any atom is 0.307 e. The van der Waals surface area contributed by atoms with Crippen molar-refractivity contribution in [3.63, 3.8) is 0 Å². The van der Waals surface area contributed by atoms with Crippen LogP contribution in [0.4, 0.5) is 10.1 Å². The molecule has 144 valence electrons. The van der Waals surface area contributed by atoms with Crippen molar-refractivity contribution >= 4 is 49.4 Å². The molecule has 5 nitrogen and oxygen atoms in total. The first kappa shape index (κ1) is 21.4. The van der Waals surface area contributed by atoms with Crippen LogP contribution in [0.15, 0.2) is 39.3 Å². The van der Waals surface area contributed by atoms with Crippen molar-refractivity contribution in [2.45, 2.75) is 26.9 Å². The van der Waals surface area contributed by atoms with E-state index in [4.69, 9.17) is 9.84 Å². The van der Waals surface area contributed by atoms with E-state index < -0.39 is 11.8 Å². The molecule has 0 radical (unpaired) electrons. The number of ether oxygens (including phenoxy) is 1. The lowest BCUT2D eigenvalue weighted by Gasteiger charge is -2.14. The summed E-state index contributed by atoms with van der Waals surface area (Å²) in [4.78, 5) is 22.6. The van der Waals surface area contributed by atoms with E-state index in [-0.39, 0.29) is 36.1 Å². The minimum Gasteiger partial charge on any atom is -0.486 e. The lowest BCUT2D eigenvalue weighted by atomic mass is 10.1. The maximum atomic E-state index is 14.6. The van der Waals surface area contributed by atoms with E-state index in [1.54, 1.807) is 38.1 Å². The zero-order valence-corrected chi connectivity index (χ0v) is 17.9. The van der Waals surface area contributed by atoms with Crippen LogP contribution >= 0.6 is 31.9 Å². The molecule has 0 aromatic heterocycles. The van der Waals surface area contributed by atoms with Crippen molar-refractivity contribution in [3.05, 3.63) is 56.2 Å². The molecule has 0 aliphatic carbocycles. The third-order valence-corrected chi connectivity index (χ3v) is 4.82. The fourth-order valence-corrected chi connectivity index (χ4v) is 3.75. The van der Waals surface area contributed by atoms with Crippen molar-refractivity contribution in [2.24, 2.45) is 5.92 Å². The van der Waals surface area contributed by atoms with E-state index in [0.29, 0.717) is 20.3 Å². The van der Waals surface area contributed by atoms with Crippen molar-refractivity contribution in [3.8, 4) is 5.75 Å². The second-order valence-electron chi connectivity index (χ2n) is 6.17. The molecule has 0 saturated carbocycles. The van der Waals surface area contributed by atoms with E-state index in [1.807, 2.05) is 0 Å². The van der Waals surface area contributed by atoms with E-state index in [2.05, 4.69) is 37.2 Å². The summed E-state index contributed by atoms with van der Waals surface area (Å²) in [5.74, 6) is -1.60. The number of rotatable bonds is 7. The van der Waals surface area contributed by atoms with Gasteiger partial charge in [-0.1, -0.05) is 26.0 Å². The van der Waals surface area contributed by atoms with E-state index in [9.17, 15) is 14.0 Å². The number of hydrogen-bond acceptors (Lipinski definition) is 3. The summed E-state index contributed by atoms with van der Waals surface area (Å²) in [5.41, 5.74) is 0.980. The molecule has 2 aromatic carbocycles. The number of nitrogens with one attached hydrogen (secondary N) is 1. The normalized spacial score (nSPS) is 10.7. The molecule has 1 amide bonds. The largest absolute Gasteiger partial charge is 0.486 e. The van der Waals surface area contributed by atoms with Crippen LogP contribution in [0.2, 0.25) is 0 Å². The Morgan fingerprint density at radius 3 is 2.41 bits per heavy atom. The van der Waals surface area contributed by atoms with Crippen molar-refractivity contribution in [1.82, 2.24) is 0 Å². The Hall–Kier alpha value is -1.93. The minimum absolute atomic E-state index is 0.0628. The monoisotopic (exact) mass is 501 g/mol. The van der Waals surface area contributed by atoms with Crippen LogP contribution in [0, 0.1) is 11.7 Å². The Balaban J connectivity index is 2.17. The summed E-state index contributed by atoms with van der Waals surface area (Å²) < 4.78 is 21.4. The third kappa shape index (κ3) is 5.77. The molecule has 27 heavy (non-hydrogen) atoms. The average molecular weight is 503 g/mol. The first-order chi connectivity index (χ1) is 12.7. The quantitative estimate of drug-likeness (QED) is 0.548. The SMILES string of the molecule is CC(C)C(=O)Nc1cccc(COc2c(Br)cc(CC(=O)O)cc2Br)c1F. The van der Waals surface area contributed by atoms with Gasteiger partial charge in [-0.25, -0.2) is 4.39 Å². The number of carboxylic acid groups (broad SMARTS) is 1. The van der Waals surface area contributed by atoms with Gasteiger partial charge in [0, 0.05) is 11.5 Å². The molecule has 2 aromatic rings. The zero-order chi connectivity index (χ0) is 20.1. The summed E-state index contributed by atoms with van der Waals surface area (Å²) in [6.45, 7) is 3.39. The highest BCUT2D eigenvalue weighted by atomic mass is 79.9. The fraction of sp³-hybridized carbons (Fsp3) is 0.263. The second-order valence-corrected chi connectivity index (χ2v) is 7.88. The topological polar surface area (TPSA) is 75.6 Å². The third-order valence-electron chi connectivity index (χ3n) is 3.65. The average Bonchev–Trinajstić information content (AvgIpc) is 2.56. The number of carbonyl (C=O) groups is 2. The lowest BCUT2D eigenvalue weighted by Crippen LogP contribution is -2.19. The minimum atomic E-state index is -0.940. The van der Waals surface area contributed by atoms with Crippen LogP contribution < -0.4 is 10.1 Å². The molecule has 0 unspecified atom stereocenters. The summed E-state index contributed by atoms with van der Waals surface area (Å²) in [5, 5.41) is 11.4. The van der Waals surface area contributed by atoms with Crippen molar-refractivity contribution in [2.75, 3.05) is 5.32 Å². The smallest absolute Gasteiger partial charge is 0.307 e. The fourth-order valence-electron chi connectivity index (χ4n) is 2.24. The van der Waals surface area contributed by atoms with Crippen LogP contribution in [0.1, 0.15) is 25.0 Å². The maximum absolute atomic E-state index is 14.6. The van der Waals surface area contributed by atoms with Crippen LogP contribution in [0.3, 0.4) is 0 Å². The number of carbonyl (C=O) groups excluding carboxylic acids is 1. The Morgan fingerprint density at radius 2 is 1.85 bits per heavy atom. The van der Waals surface area contributed by atoms with Gasteiger partial charge in [0.2, 0.25) is 5.91 Å². The molecule has 8 heteroatoms. The van der Waals surface area contributed by atoms with E-state index in [0.717, 1.165) is 0 Å². The molecule has 0 atom stereocenters. The molecule has 0 heterocycles. The number of halogens is 3. The molecular weight excluding hydrogens is 485 g/mol. The number of amides is 1. The van der Waals surface area contributed by atoms with Gasteiger partial charge in [-0.15, -0.1) is 0 Å². The first-order valence-electron chi connectivity index (χ1n) is 8.09. The first-order valence-corrected chi connectivity index (χ1v) is 9.68. The highest BCUT2D eigenvalue weighted by Gasteiger charge is 2.15. The number of benzene rings is 2. The Morgan fingerprint density at radius 1 is 1.22 bits per heavy atom. The molecule has 0 aliphatic rings. The number of aliphatic carboxylic acids is 1. The summed E-state index contributed by atoms with van der Waals surface area (Å²) in [6, 6.07) is 7.98. The van der Waals surface area contributed by atoms with Gasteiger partial charge in [-0.3, -0.25) is 9.59 Å². The highest BCUT2D eigenvalue weighted by Crippen LogP contribution is 2.36. The van der Waals surface area contributed by atoms with Gasteiger partial charge in [-0.05, 0) is 55.6 Å². The van der Waals surface area contributed by atoms with Gasteiger partial charge in [0.25, 0.3) is 0 Å². The number of carboxylic acids is 1. The van der Waals surface area contributed by atoms with Crippen molar-refractivity contribution in [1.29, 1.82) is 0 Å². The zero-order valence-electron chi connectivity index (χ0n) is 14.7. The molecule has 0 aliphatic heterocycles. The number of hydrogen-bond donors (Lipinski definition) is 2. The predicted molar refractivity (Wildman–Crippen MR) is 107 cm³/mol. The van der Waals surface area contributed by atoms with Gasteiger partial charge in [-0.2, -0.15) is 0 Å². The molecule has 2 N–H and O–H groups in total. The second kappa shape index (κ2) is 9.32. The Kier molecular flexibility index (Phi) is 7.38. The summed E-state index contributed by atoms with van der Waals surface area (Å²) in [6.07, 6.45) is -0.121. The van der Waals surface area contributed by atoms with Crippen LogP contribution in [-0.2, 0) is 22.6 Å².